The summed E-state index contributed by atoms with van der Waals surface area (Å²) in [5.41, 5.74) is 5.75. The van der Waals surface area contributed by atoms with Crippen molar-refractivity contribution in [3.05, 3.63) is 125 Å². The van der Waals surface area contributed by atoms with Gasteiger partial charge in [-0.3, -0.25) is 0 Å². The van der Waals surface area contributed by atoms with Crippen molar-refractivity contribution in [3.63, 3.8) is 0 Å². The Morgan fingerprint density at radius 1 is 0.812 bits per heavy atom. The zero-order valence-corrected chi connectivity index (χ0v) is 18.4. The van der Waals surface area contributed by atoms with Gasteiger partial charge in [-0.2, -0.15) is 0 Å². The average molecular weight is 423 g/mol. The zero-order valence-electron chi connectivity index (χ0n) is 18.4. The molecule has 0 amide bonds. The third-order valence-corrected chi connectivity index (χ3v) is 6.93. The highest BCUT2D eigenvalue weighted by atomic mass is 16.2. The molecule has 0 saturated carbocycles. The molecule has 1 aromatic heterocycles. The van der Waals surface area contributed by atoms with Crippen LogP contribution in [0.2, 0.25) is 0 Å². The molecule has 1 unspecified atom stereocenters. The van der Waals surface area contributed by atoms with Gasteiger partial charge in [0.25, 0.3) is 0 Å². The number of aromatic nitrogens is 2. The number of aliphatic hydroxyl groups excluding tert-OH is 1. The molecule has 0 bridgehead atoms. The van der Waals surface area contributed by atoms with E-state index < -0.39 is 5.54 Å². The van der Waals surface area contributed by atoms with Crippen LogP contribution in [0.25, 0.3) is 0 Å². The normalized spacial score (nSPS) is 16.0. The lowest BCUT2D eigenvalue weighted by atomic mass is 9.76. The summed E-state index contributed by atoms with van der Waals surface area (Å²) in [6.07, 6.45) is 7.16. The summed E-state index contributed by atoms with van der Waals surface area (Å²) in [6.45, 7) is 0.268. The Labute approximate surface area is 190 Å². The van der Waals surface area contributed by atoms with Gasteiger partial charge >= 0.3 is 0 Å². The SMILES string of the molecule is OCCCC1CCc2ncn(C(c3ccccc3)(c3ccccc3)c3ccccc3)c2C1. The lowest BCUT2D eigenvalue weighted by Gasteiger charge is -2.39. The fourth-order valence-electron chi connectivity index (χ4n) is 5.42. The third-order valence-electron chi connectivity index (χ3n) is 6.93. The van der Waals surface area contributed by atoms with Crippen molar-refractivity contribution in [2.75, 3.05) is 6.61 Å². The Bertz CT molecular complexity index is 1040. The van der Waals surface area contributed by atoms with E-state index in [-0.39, 0.29) is 6.61 Å². The van der Waals surface area contributed by atoms with Crippen LogP contribution in [-0.2, 0) is 18.4 Å². The zero-order chi connectivity index (χ0) is 21.8. The van der Waals surface area contributed by atoms with Crippen molar-refractivity contribution >= 4 is 0 Å². The Morgan fingerprint density at radius 3 is 1.84 bits per heavy atom. The van der Waals surface area contributed by atoms with Gasteiger partial charge in [0.05, 0.1) is 12.0 Å². The Hall–Kier alpha value is -3.17. The number of benzene rings is 3. The number of hydrogen-bond donors (Lipinski definition) is 1. The molecule has 162 valence electrons. The van der Waals surface area contributed by atoms with Gasteiger partial charge in [-0.15, -0.1) is 0 Å². The fourth-order valence-corrected chi connectivity index (χ4v) is 5.42. The maximum Gasteiger partial charge on any atom is 0.121 e. The minimum absolute atomic E-state index is 0.268. The first-order valence-electron chi connectivity index (χ1n) is 11.7. The summed E-state index contributed by atoms with van der Waals surface area (Å²) in [5, 5.41) is 9.36. The van der Waals surface area contributed by atoms with Crippen LogP contribution in [-0.4, -0.2) is 21.3 Å². The van der Waals surface area contributed by atoms with Gasteiger partial charge in [0.1, 0.15) is 5.54 Å². The van der Waals surface area contributed by atoms with E-state index >= 15 is 0 Å². The molecule has 3 heteroatoms. The monoisotopic (exact) mass is 422 g/mol. The third kappa shape index (κ3) is 3.57. The standard InChI is InChI=1S/C29H30N2O/c32-20-10-11-23-18-19-27-28(21-23)31(22-30-27)29(24-12-4-1-5-13-24,25-14-6-2-7-15-25)26-16-8-3-9-17-26/h1-9,12-17,22-23,32H,10-11,18-21H2. The van der Waals surface area contributed by atoms with Crippen LogP contribution < -0.4 is 0 Å². The summed E-state index contributed by atoms with van der Waals surface area (Å²) in [6, 6.07) is 32.4. The molecule has 1 atom stereocenters. The van der Waals surface area contributed by atoms with E-state index in [0.717, 1.165) is 32.1 Å². The van der Waals surface area contributed by atoms with E-state index in [1.54, 1.807) is 0 Å². The van der Waals surface area contributed by atoms with E-state index in [2.05, 4.69) is 102 Å². The number of rotatable bonds is 7. The van der Waals surface area contributed by atoms with Crippen LogP contribution in [0.5, 0.6) is 0 Å². The number of hydrogen-bond acceptors (Lipinski definition) is 2. The van der Waals surface area contributed by atoms with Crippen molar-refractivity contribution in [3.8, 4) is 0 Å². The van der Waals surface area contributed by atoms with Gasteiger partial charge in [0, 0.05) is 12.3 Å². The maximum absolute atomic E-state index is 9.36. The summed E-state index contributed by atoms with van der Waals surface area (Å²) in [7, 11) is 0. The molecule has 0 fully saturated rings. The molecule has 1 aliphatic rings. The summed E-state index contributed by atoms with van der Waals surface area (Å²) in [5.74, 6) is 0.588. The molecule has 4 aromatic rings. The second kappa shape index (κ2) is 9.13. The molecule has 0 saturated heterocycles. The van der Waals surface area contributed by atoms with Crippen molar-refractivity contribution in [1.82, 2.24) is 9.55 Å². The number of aliphatic hydroxyl groups is 1. The molecular weight excluding hydrogens is 392 g/mol. The second-order valence-corrected chi connectivity index (χ2v) is 8.79. The topological polar surface area (TPSA) is 38.1 Å². The molecule has 5 rings (SSSR count). The van der Waals surface area contributed by atoms with Crippen LogP contribution in [0, 0.1) is 5.92 Å². The number of nitrogens with zero attached hydrogens (tertiary/aromatic N) is 2. The predicted molar refractivity (Wildman–Crippen MR) is 129 cm³/mol. The van der Waals surface area contributed by atoms with Crippen LogP contribution in [0.3, 0.4) is 0 Å². The van der Waals surface area contributed by atoms with Crippen molar-refractivity contribution in [2.45, 2.75) is 37.6 Å². The Balaban J connectivity index is 1.77. The largest absolute Gasteiger partial charge is 0.396 e. The van der Waals surface area contributed by atoms with Crippen LogP contribution in [0.15, 0.2) is 97.3 Å². The molecule has 0 radical (unpaired) electrons. The molecule has 32 heavy (non-hydrogen) atoms. The minimum Gasteiger partial charge on any atom is -0.396 e. The lowest BCUT2D eigenvalue weighted by Crippen LogP contribution is -2.39. The highest BCUT2D eigenvalue weighted by Crippen LogP contribution is 2.43. The van der Waals surface area contributed by atoms with Gasteiger partial charge in [-0.05, 0) is 54.7 Å². The molecule has 3 aromatic carbocycles. The highest BCUT2D eigenvalue weighted by molar-refractivity contribution is 5.51. The lowest BCUT2D eigenvalue weighted by molar-refractivity contribution is 0.264. The van der Waals surface area contributed by atoms with Crippen LogP contribution >= 0.6 is 0 Å². The number of aryl methyl sites for hydroxylation is 1. The van der Waals surface area contributed by atoms with E-state index in [1.165, 1.54) is 28.1 Å². The molecule has 1 aliphatic carbocycles. The molecule has 3 nitrogen and oxygen atoms in total. The predicted octanol–water partition coefficient (Wildman–Crippen LogP) is 5.60. The maximum atomic E-state index is 9.36. The Kier molecular flexibility index (Phi) is 5.91. The molecule has 0 aliphatic heterocycles. The second-order valence-electron chi connectivity index (χ2n) is 8.79. The van der Waals surface area contributed by atoms with Crippen molar-refractivity contribution in [2.24, 2.45) is 5.92 Å². The van der Waals surface area contributed by atoms with Crippen molar-refractivity contribution < 1.29 is 5.11 Å². The van der Waals surface area contributed by atoms with Gasteiger partial charge in [-0.1, -0.05) is 91.0 Å². The summed E-state index contributed by atoms with van der Waals surface area (Å²) >= 11 is 0. The number of imidazole rings is 1. The fraction of sp³-hybridized carbons (Fsp3) is 0.276. The molecular formula is C29H30N2O. The van der Waals surface area contributed by atoms with Crippen LogP contribution in [0.1, 0.15) is 47.3 Å². The van der Waals surface area contributed by atoms with Crippen molar-refractivity contribution in [1.29, 1.82) is 0 Å². The summed E-state index contributed by atoms with van der Waals surface area (Å²) in [4.78, 5) is 4.93. The molecule has 1 N–H and O–H groups in total. The average Bonchev–Trinajstić information content (AvgIpc) is 3.29. The van der Waals surface area contributed by atoms with E-state index in [4.69, 9.17) is 4.98 Å². The smallest absolute Gasteiger partial charge is 0.121 e. The van der Waals surface area contributed by atoms with Gasteiger partial charge in [0.2, 0.25) is 0 Å². The molecule has 1 heterocycles. The van der Waals surface area contributed by atoms with Gasteiger partial charge in [-0.25, -0.2) is 4.98 Å². The van der Waals surface area contributed by atoms with E-state index in [9.17, 15) is 5.11 Å². The first-order chi connectivity index (χ1) is 15.8. The number of fused-ring (bicyclic) bond motifs is 1. The van der Waals surface area contributed by atoms with Crippen LogP contribution in [0.4, 0.5) is 0 Å². The molecule has 0 spiro atoms. The van der Waals surface area contributed by atoms with E-state index in [1.807, 2.05) is 0 Å². The van der Waals surface area contributed by atoms with Gasteiger partial charge < -0.3 is 9.67 Å². The highest BCUT2D eigenvalue weighted by Gasteiger charge is 2.41. The first kappa shape index (κ1) is 20.7. The van der Waals surface area contributed by atoms with E-state index in [0.29, 0.717) is 5.92 Å². The van der Waals surface area contributed by atoms with Gasteiger partial charge in [0.15, 0.2) is 0 Å². The minimum atomic E-state index is -0.497. The quantitative estimate of drug-likeness (QED) is 0.394. The first-order valence-corrected chi connectivity index (χ1v) is 11.7. The Morgan fingerprint density at radius 2 is 1.34 bits per heavy atom. The summed E-state index contributed by atoms with van der Waals surface area (Å²) < 4.78 is 2.44.